The molecule has 0 saturated carbocycles. The quantitative estimate of drug-likeness (QED) is 0.809. The van der Waals surface area contributed by atoms with Crippen molar-refractivity contribution >= 4 is 0 Å². The van der Waals surface area contributed by atoms with Crippen LogP contribution in [0.2, 0.25) is 0 Å². The van der Waals surface area contributed by atoms with E-state index in [1.54, 1.807) is 0 Å². The topological polar surface area (TPSA) is 29.3 Å². The predicted molar refractivity (Wildman–Crippen MR) is 78.1 cm³/mol. The molecule has 18 heavy (non-hydrogen) atoms. The summed E-state index contributed by atoms with van der Waals surface area (Å²) >= 11 is 0. The summed E-state index contributed by atoms with van der Waals surface area (Å²) < 4.78 is 0. The molecule has 0 amide bonds. The zero-order valence-electron chi connectivity index (χ0n) is 11.5. The summed E-state index contributed by atoms with van der Waals surface area (Å²) in [7, 11) is 2.21. The molecule has 0 unspecified atom stereocenters. The van der Waals surface area contributed by atoms with Crippen LogP contribution in [0.1, 0.15) is 26.2 Å². The minimum absolute atomic E-state index is 0.733. The lowest BCUT2D eigenvalue weighted by atomic mass is 9.88. The molecule has 98 valence electrons. The third-order valence-corrected chi connectivity index (χ3v) is 3.98. The molecule has 0 spiro atoms. The van der Waals surface area contributed by atoms with Crippen molar-refractivity contribution in [2.75, 3.05) is 20.1 Å². The summed E-state index contributed by atoms with van der Waals surface area (Å²) in [5, 5.41) is 0. The normalized spacial score (nSPS) is 23.6. The van der Waals surface area contributed by atoms with Gasteiger partial charge in [0.1, 0.15) is 0 Å². The van der Waals surface area contributed by atoms with Crippen LogP contribution in [0.3, 0.4) is 0 Å². The molecule has 0 atom stereocenters. The van der Waals surface area contributed by atoms with Crippen LogP contribution in [0.15, 0.2) is 47.2 Å². The molecular weight excluding hydrogens is 220 g/mol. The van der Waals surface area contributed by atoms with Crippen molar-refractivity contribution in [3.05, 3.63) is 47.2 Å². The molecule has 1 fully saturated rings. The Morgan fingerprint density at radius 1 is 1.28 bits per heavy atom. The number of likely N-dealkylation sites (tertiary alicyclic amines) is 1. The van der Waals surface area contributed by atoms with Crippen LogP contribution in [0, 0.1) is 5.92 Å². The molecule has 0 radical (unpaired) electrons. The van der Waals surface area contributed by atoms with Crippen LogP contribution in [-0.4, -0.2) is 25.0 Å². The molecule has 0 aromatic heterocycles. The number of nitrogens with two attached hydrogens (primary N) is 1. The third-order valence-electron chi connectivity index (χ3n) is 3.98. The second-order valence-electron chi connectivity index (χ2n) is 5.25. The zero-order chi connectivity index (χ0) is 13.0. The van der Waals surface area contributed by atoms with Crippen molar-refractivity contribution in [2.24, 2.45) is 11.7 Å². The van der Waals surface area contributed by atoms with Crippen LogP contribution in [0.4, 0.5) is 0 Å². The van der Waals surface area contributed by atoms with Gasteiger partial charge >= 0.3 is 0 Å². The van der Waals surface area contributed by atoms with Gasteiger partial charge in [0.05, 0.1) is 0 Å². The highest BCUT2D eigenvalue weighted by Crippen LogP contribution is 2.27. The molecular formula is C16H24N2. The van der Waals surface area contributed by atoms with E-state index < -0.39 is 0 Å². The number of rotatable bonds is 2. The third kappa shape index (κ3) is 3.14. The molecule has 2 rings (SSSR count). The molecule has 2 N–H and O–H groups in total. The fourth-order valence-electron chi connectivity index (χ4n) is 2.67. The van der Waals surface area contributed by atoms with Crippen LogP contribution >= 0.6 is 0 Å². The number of hydrogen-bond donors (Lipinski definition) is 1. The second-order valence-corrected chi connectivity index (χ2v) is 5.25. The molecule has 0 bridgehead atoms. The Morgan fingerprint density at radius 2 is 2.00 bits per heavy atom. The van der Waals surface area contributed by atoms with Gasteiger partial charge in [0.2, 0.25) is 0 Å². The maximum atomic E-state index is 5.97. The van der Waals surface area contributed by atoms with Gasteiger partial charge in [-0.25, -0.2) is 0 Å². The summed E-state index contributed by atoms with van der Waals surface area (Å²) in [6.45, 7) is 4.42. The van der Waals surface area contributed by atoms with Crippen molar-refractivity contribution in [1.29, 1.82) is 0 Å². The Morgan fingerprint density at radius 3 is 2.67 bits per heavy atom. The van der Waals surface area contributed by atoms with E-state index in [1.807, 2.05) is 13.0 Å². The van der Waals surface area contributed by atoms with E-state index in [4.69, 9.17) is 5.73 Å². The Bertz CT molecular complexity index is 405. The van der Waals surface area contributed by atoms with Gasteiger partial charge < -0.3 is 10.6 Å². The monoisotopic (exact) mass is 244 g/mol. The number of nitrogens with zero attached hydrogens (tertiary/aromatic N) is 1. The number of allylic oxidation sites excluding steroid dienone is 6. The highest BCUT2D eigenvalue weighted by Gasteiger charge is 2.19. The van der Waals surface area contributed by atoms with Gasteiger partial charge in [-0.05, 0) is 63.4 Å². The fourth-order valence-corrected chi connectivity index (χ4v) is 2.67. The molecule has 0 aromatic rings. The highest BCUT2D eigenvalue weighted by molar-refractivity contribution is 5.43. The fraction of sp³-hybridized carbons (Fsp3) is 0.500. The predicted octanol–water partition coefficient (Wildman–Crippen LogP) is 3.00. The van der Waals surface area contributed by atoms with Crippen LogP contribution in [0.5, 0.6) is 0 Å². The summed E-state index contributed by atoms with van der Waals surface area (Å²) in [6.07, 6.45) is 14.5. The summed E-state index contributed by atoms with van der Waals surface area (Å²) in [5.41, 5.74) is 9.51. The van der Waals surface area contributed by atoms with Crippen LogP contribution in [-0.2, 0) is 0 Å². The van der Waals surface area contributed by atoms with Gasteiger partial charge in [0.25, 0.3) is 0 Å². The molecule has 1 heterocycles. The molecule has 1 saturated heterocycles. The summed E-state index contributed by atoms with van der Waals surface area (Å²) in [4.78, 5) is 2.42. The van der Waals surface area contributed by atoms with E-state index >= 15 is 0 Å². The van der Waals surface area contributed by atoms with Crippen molar-refractivity contribution in [2.45, 2.75) is 26.2 Å². The van der Waals surface area contributed by atoms with Crippen molar-refractivity contribution in [1.82, 2.24) is 4.90 Å². The van der Waals surface area contributed by atoms with Gasteiger partial charge in [0, 0.05) is 5.70 Å². The van der Waals surface area contributed by atoms with E-state index in [9.17, 15) is 0 Å². The van der Waals surface area contributed by atoms with Gasteiger partial charge in [-0.3, -0.25) is 0 Å². The van der Waals surface area contributed by atoms with Crippen molar-refractivity contribution in [3.8, 4) is 0 Å². The first-order valence-electron chi connectivity index (χ1n) is 6.89. The summed E-state index contributed by atoms with van der Waals surface area (Å²) in [5.74, 6) is 0.733. The first-order chi connectivity index (χ1) is 8.70. The first-order valence-corrected chi connectivity index (χ1v) is 6.89. The van der Waals surface area contributed by atoms with Gasteiger partial charge in [-0.15, -0.1) is 0 Å². The van der Waals surface area contributed by atoms with E-state index in [0.29, 0.717) is 0 Å². The first kappa shape index (κ1) is 13.2. The van der Waals surface area contributed by atoms with Gasteiger partial charge in [0.15, 0.2) is 0 Å². The lowest BCUT2D eigenvalue weighted by Crippen LogP contribution is -2.30. The minimum Gasteiger partial charge on any atom is -0.399 e. The average molecular weight is 244 g/mol. The molecule has 1 aliphatic carbocycles. The summed E-state index contributed by atoms with van der Waals surface area (Å²) in [6, 6.07) is 0. The van der Waals surface area contributed by atoms with E-state index in [2.05, 4.69) is 36.3 Å². The second kappa shape index (κ2) is 6.05. The van der Waals surface area contributed by atoms with Crippen LogP contribution < -0.4 is 5.73 Å². The molecule has 2 heteroatoms. The Labute approximate surface area is 111 Å². The highest BCUT2D eigenvalue weighted by atomic mass is 15.1. The van der Waals surface area contributed by atoms with Gasteiger partial charge in [-0.2, -0.15) is 0 Å². The average Bonchev–Trinajstić information content (AvgIpc) is 2.64. The molecule has 2 nitrogen and oxygen atoms in total. The molecule has 2 aliphatic rings. The maximum absolute atomic E-state index is 5.97. The zero-order valence-corrected chi connectivity index (χ0v) is 11.5. The Hall–Kier alpha value is -1.28. The Balaban J connectivity index is 2.03. The number of hydrogen-bond acceptors (Lipinski definition) is 2. The SMILES string of the molecule is C/C=C(\N)C1=CCC=C(C2CCN(C)CC2)C=C1. The lowest BCUT2D eigenvalue weighted by Gasteiger charge is -2.29. The largest absolute Gasteiger partial charge is 0.399 e. The number of piperidine rings is 1. The molecule has 1 aliphatic heterocycles. The Kier molecular flexibility index (Phi) is 4.43. The van der Waals surface area contributed by atoms with Gasteiger partial charge in [-0.1, -0.05) is 30.4 Å². The van der Waals surface area contributed by atoms with E-state index in [0.717, 1.165) is 23.6 Å². The van der Waals surface area contributed by atoms with E-state index in [1.165, 1.54) is 31.5 Å². The standard InChI is InChI=1S/C16H24N2/c1-3-16(17)15-6-4-5-13(7-8-15)14-9-11-18(2)12-10-14/h3,5-8,14H,4,9-12,17H2,1-2H3/b16-3-. The molecule has 0 aromatic carbocycles. The smallest absolute Gasteiger partial charge is 0.0341 e. The van der Waals surface area contributed by atoms with Crippen LogP contribution in [0.25, 0.3) is 0 Å². The maximum Gasteiger partial charge on any atom is 0.0341 e. The lowest BCUT2D eigenvalue weighted by molar-refractivity contribution is 0.240. The van der Waals surface area contributed by atoms with E-state index in [-0.39, 0.29) is 0 Å². The minimum atomic E-state index is 0.733. The van der Waals surface area contributed by atoms with Crippen molar-refractivity contribution < 1.29 is 0 Å². The van der Waals surface area contributed by atoms with Crippen molar-refractivity contribution in [3.63, 3.8) is 0 Å².